The lowest BCUT2D eigenvalue weighted by Crippen LogP contribution is -2.34. The second-order valence-electron chi connectivity index (χ2n) is 7.58. The van der Waals surface area contributed by atoms with E-state index in [0.29, 0.717) is 18.6 Å². The summed E-state index contributed by atoms with van der Waals surface area (Å²) in [5.74, 6) is 0.339. The SMILES string of the molecule is COC(=O)CCCCCCC1C(=O)CCC1C1=NOC2CCC(O)C12. The van der Waals surface area contributed by atoms with Crippen molar-refractivity contribution in [2.75, 3.05) is 7.11 Å². The normalized spacial score (nSPS) is 33.9. The lowest BCUT2D eigenvalue weighted by Gasteiger charge is -2.22. The molecule has 2 aliphatic carbocycles. The first kappa shape index (κ1) is 18.4. The van der Waals surface area contributed by atoms with Crippen molar-refractivity contribution in [1.82, 2.24) is 0 Å². The first-order chi connectivity index (χ1) is 12.1. The topological polar surface area (TPSA) is 85.2 Å². The van der Waals surface area contributed by atoms with Gasteiger partial charge < -0.3 is 14.7 Å². The van der Waals surface area contributed by atoms with Crippen molar-refractivity contribution in [2.45, 2.75) is 76.4 Å². The molecule has 2 saturated carbocycles. The molecule has 3 rings (SSSR count). The van der Waals surface area contributed by atoms with Gasteiger partial charge in [-0.15, -0.1) is 0 Å². The molecule has 0 saturated heterocycles. The quantitative estimate of drug-likeness (QED) is 0.537. The van der Waals surface area contributed by atoms with Gasteiger partial charge in [-0.05, 0) is 32.1 Å². The predicted octanol–water partition coefficient (Wildman–Crippen LogP) is 2.62. The minimum absolute atomic E-state index is 0.00143. The molecule has 0 radical (unpaired) electrons. The summed E-state index contributed by atoms with van der Waals surface area (Å²) in [6, 6.07) is 0. The number of rotatable bonds is 8. The fourth-order valence-corrected chi connectivity index (χ4v) is 4.67. The third-order valence-electron chi connectivity index (χ3n) is 6.05. The number of hydrogen-bond acceptors (Lipinski definition) is 6. The smallest absolute Gasteiger partial charge is 0.305 e. The number of ketones is 1. The molecule has 0 aromatic carbocycles. The monoisotopic (exact) mass is 351 g/mol. The summed E-state index contributed by atoms with van der Waals surface area (Å²) < 4.78 is 4.64. The molecule has 0 spiro atoms. The van der Waals surface area contributed by atoms with Gasteiger partial charge in [0.25, 0.3) is 0 Å². The van der Waals surface area contributed by atoms with Crippen LogP contribution < -0.4 is 0 Å². The van der Waals surface area contributed by atoms with E-state index in [9.17, 15) is 14.7 Å². The average molecular weight is 351 g/mol. The molecule has 3 aliphatic rings. The summed E-state index contributed by atoms with van der Waals surface area (Å²) in [6.07, 6.45) is 7.87. The van der Waals surface area contributed by atoms with Crippen LogP contribution in [0.1, 0.15) is 64.2 Å². The van der Waals surface area contributed by atoms with Crippen molar-refractivity contribution >= 4 is 17.5 Å². The first-order valence-corrected chi connectivity index (χ1v) is 9.63. The molecule has 5 atom stereocenters. The summed E-state index contributed by atoms with van der Waals surface area (Å²) in [6.45, 7) is 0. The highest BCUT2D eigenvalue weighted by Gasteiger charge is 2.50. The number of carbonyl (C=O) groups excluding carboxylic acids is 2. The number of hydrogen-bond donors (Lipinski definition) is 1. The summed E-state index contributed by atoms with van der Waals surface area (Å²) in [4.78, 5) is 29.0. The van der Waals surface area contributed by atoms with Gasteiger partial charge in [0.1, 0.15) is 11.9 Å². The number of carbonyl (C=O) groups is 2. The summed E-state index contributed by atoms with van der Waals surface area (Å²) in [7, 11) is 1.41. The minimum atomic E-state index is -0.374. The molecule has 6 heteroatoms. The number of methoxy groups -OCH3 is 1. The zero-order chi connectivity index (χ0) is 17.8. The molecule has 2 fully saturated rings. The standard InChI is InChI=1S/C19H29NO5/c1-24-17(23)7-5-3-2-4-6-12-13(8-9-14(12)21)19-18-15(22)10-11-16(18)25-20-19/h12-13,15-16,18,22H,2-11H2,1H3. The zero-order valence-electron chi connectivity index (χ0n) is 15.0. The second-order valence-corrected chi connectivity index (χ2v) is 7.58. The van der Waals surface area contributed by atoms with Gasteiger partial charge in [0.15, 0.2) is 0 Å². The zero-order valence-corrected chi connectivity index (χ0v) is 15.0. The van der Waals surface area contributed by atoms with Crippen LogP contribution in [0.15, 0.2) is 5.16 Å². The Kier molecular flexibility index (Phi) is 6.10. The van der Waals surface area contributed by atoms with Gasteiger partial charge in [-0.2, -0.15) is 0 Å². The second kappa shape index (κ2) is 8.30. The number of aliphatic hydroxyl groups is 1. The van der Waals surface area contributed by atoms with Crippen LogP contribution in [0.4, 0.5) is 0 Å². The molecule has 1 N–H and O–H groups in total. The van der Waals surface area contributed by atoms with Crippen molar-refractivity contribution in [3.8, 4) is 0 Å². The van der Waals surface area contributed by atoms with Gasteiger partial charge in [-0.3, -0.25) is 9.59 Å². The van der Waals surface area contributed by atoms with E-state index in [1.165, 1.54) is 7.11 Å². The first-order valence-electron chi connectivity index (χ1n) is 9.63. The van der Waals surface area contributed by atoms with Crippen LogP contribution in [-0.2, 0) is 19.2 Å². The van der Waals surface area contributed by atoms with Crippen LogP contribution in [-0.4, -0.2) is 41.9 Å². The molecule has 1 aliphatic heterocycles. The predicted molar refractivity (Wildman–Crippen MR) is 92.0 cm³/mol. The van der Waals surface area contributed by atoms with Crippen molar-refractivity contribution in [2.24, 2.45) is 22.9 Å². The van der Waals surface area contributed by atoms with E-state index in [-0.39, 0.29) is 35.9 Å². The highest BCUT2D eigenvalue weighted by molar-refractivity contribution is 5.98. The summed E-state index contributed by atoms with van der Waals surface area (Å²) in [5.41, 5.74) is 0.941. The van der Waals surface area contributed by atoms with Crippen LogP contribution in [0, 0.1) is 17.8 Å². The third-order valence-corrected chi connectivity index (χ3v) is 6.05. The van der Waals surface area contributed by atoms with Crippen LogP contribution in [0.2, 0.25) is 0 Å². The van der Waals surface area contributed by atoms with Crippen LogP contribution in [0.25, 0.3) is 0 Å². The van der Waals surface area contributed by atoms with Crippen LogP contribution >= 0.6 is 0 Å². The Labute approximate surface area is 148 Å². The molecule has 0 aromatic rings. The maximum Gasteiger partial charge on any atom is 0.305 e. The lowest BCUT2D eigenvalue weighted by atomic mass is 9.80. The van der Waals surface area contributed by atoms with Gasteiger partial charge in [0, 0.05) is 24.7 Å². The molecule has 140 valence electrons. The number of nitrogens with zero attached hydrogens (tertiary/aromatic N) is 1. The van der Waals surface area contributed by atoms with E-state index in [0.717, 1.165) is 57.1 Å². The highest BCUT2D eigenvalue weighted by Crippen LogP contribution is 2.43. The third kappa shape index (κ3) is 4.05. The number of aliphatic hydroxyl groups excluding tert-OH is 1. The van der Waals surface area contributed by atoms with Crippen LogP contribution in [0.5, 0.6) is 0 Å². The number of esters is 1. The Balaban J connectivity index is 1.47. The Bertz CT molecular complexity index is 532. The molecule has 5 unspecified atom stereocenters. The Morgan fingerprint density at radius 3 is 2.84 bits per heavy atom. The van der Waals surface area contributed by atoms with Crippen LogP contribution in [0.3, 0.4) is 0 Å². The Morgan fingerprint density at radius 2 is 2.04 bits per heavy atom. The van der Waals surface area contributed by atoms with Crippen molar-refractivity contribution in [1.29, 1.82) is 0 Å². The average Bonchev–Trinajstić information content (AvgIpc) is 3.28. The van der Waals surface area contributed by atoms with E-state index in [4.69, 9.17) is 4.84 Å². The number of fused-ring (bicyclic) bond motifs is 1. The molecule has 25 heavy (non-hydrogen) atoms. The van der Waals surface area contributed by atoms with Gasteiger partial charge in [-0.1, -0.05) is 24.4 Å². The highest BCUT2D eigenvalue weighted by atomic mass is 16.6. The lowest BCUT2D eigenvalue weighted by molar-refractivity contribution is -0.140. The van der Waals surface area contributed by atoms with E-state index in [1.807, 2.05) is 0 Å². The minimum Gasteiger partial charge on any atom is -0.469 e. The maximum atomic E-state index is 12.3. The van der Waals surface area contributed by atoms with E-state index in [1.54, 1.807) is 0 Å². The fourth-order valence-electron chi connectivity index (χ4n) is 4.67. The van der Waals surface area contributed by atoms with Gasteiger partial charge in [-0.25, -0.2) is 0 Å². The number of ether oxygens (including phenoxy) is 1. The largest absolute Gasteiger partial charge is 0.469 e. The van der Waals surface area contributed by atoms with Gasteiger partial charge in [0.2, 0.25) is 0 Å². The number of Topliss-reactive ketones (excluding diaryl/α,β-unsaturated/α-hetero) is 1. The van der Waals surface area contributed by atoms with Crippen molar-refractivity contribution in [3.05, 3.63) is 0 Å². The summed E-state index contributed by atoms with van der Waals surface area (Å²) in [5, 5.41) is 14.5. The Hall–Kier alpha value is -1.43. The molecule has 6 nitrogen and oxygen atoms in total. The molecule has 1 heterocycles. The van der Waals surface area contributed by atoms with Crippen molar-refractivity contribution < 1.29 is 24.3 Å². The molecule has 0 bridgehead atoms. The molecule has 0 aromatic heterocycles. The molecular formula is C19H29NO5. The summed E-state index contributed by atoms with van der Waals surface area (Å²) >= 11 is 0. The van der Waals surface area contributed by atoms with E-state index >= 15 is 0 Å². The van der Waals surface area contributed by atoms with E-state index < -0.39 is 0 Å². The fraction of sp³-hybridized carbons (Fsp3) is 0.842. The molecule has 0 amide bonds. The van der Waals surface area contributed by atoms with Gasteiger partial charge in [0.05, 0.1) is 24.8 Å². The Morgan fingerprint density at radius 1 is 1.24 bits per heavy atom. The maximum absolute atomic E-state index is 12.3. The van der Waals surface area contributed by atoms with Crippen molar-refractivity contribution in [3.63, 3.8) is 0 Å². The molecular weight excluding hydrogens is 322 g/mol. The number of oxime groups is 1. The number of unbranched alkanes of at least 4 members (excludes halogenated alkanes) is 3. The van der Waals surface area contributed by atoms with E-state index in [2.05, 4.69) is 9.89 Å². The van der Waals surface area contributed by atoms with Gasteiger partial charge >= 0.3 is 5.97 Å².